The third-order valence-corrected chi connectivity index (χ3v) is 13.9. The lowest BCUT2D eigenvalue weighted by Gasteiger charge is -2.34. The fourth-order valence-corrected chi connectivity index (χ4v) is 11.0. The van der Waals surface area contributed by atoms with Gasteiger partial charge in [0, 0.05) is 24.5 Å². The average molecular weight is 889 g/mol. The Morgan fingerprint density at radius 1 is 0.377 bits per heavy atom. The van der Waals surface area contributed by atoms with E-state index in [4.69, 9.17) is 24.2 Å². The van der Waals surface area contributed by atoms with Crippen LogP contribution < -0.4 is 14.2 Å². The molecule has 5 heteroatoms. The van der Waals surface area contributed by atoms with Crippen molar-refractivity contribution < 1.29 is 14.2 Å². The monoisotopic (exact) mass is 888 g/mol. The maximum atomic E-state index is 6.51. The van der Waals surface area contributed by atoms with Crippen LogP contribution in [0.2, 0.25) is 0 Å². The van der Waals surface area contributed by atoms with Crippen molar-refractivity contribution in [3.05, 3.63) is 251 Å². The molecule has 12 rings (SSSR count). The van der Waals surface area contributed by atoms with Crippen molar-refractivity contribution in [3.63, 3.8) is 0 Å². The first-order valence-electron chi connectivity index (χ1n) is 23.2. The summed E-state index contributed by atoms with van der Waals surface area (Å²) in [5.74, 6) is 14.3. The maximum absolute atomic E-state index is 6.51. The van der Waals surface area contributed by atoms with Crippen molar-refractivity contribution in [2.24, 2.45) is 0 Å². The van der Waals surface area contributed by atoms with Gasteiger partial charge in [0.15, 0.2) is 0 Å². The van der Waals surface area contributed by atoms with Gasteiger partial charge in [-0.1, -0.05) is 157 Å². The summed E-state index contributed by atoms with van der Waals surface area (Å²) in [6.07, 6.45) is 3.93. The van der Waals surface area contributed by atoms with Crippen molar-refractivity contribution in [2.45, 2.75) is 24.7 Å². The molecule has 69 heavy (non-hydrogen) atoms. The van der Waals surface area contributed by atoms with Crippen LogP contribution in [-0.2, 0) is 10.8 Å². The highest BCUT2D eigenvalue weighted by Crippen LogP contribution is 2.58. The molecule has 0 unspecified atom stereocenters. The summed E-state index contributed by atoms with van der Waals surface area (Å²) in [6.45, 7) is 4.36. The quantitative estimate of drug-likeness (QED) is 0.128. The van der Waals surface area contributed by atoms with Crippen LogP contribution in [0.4, 0.5) is 0 Å². The Morgan fingerprint density at radius 3 is 1.09 bits per heavy atom. The van der Waals surface area contributed by atoms with Crippen molar-refractivity contribution in [1.29, 1.82) is 0 Å². The van der Waals surface area contributed by atoms with Crippen molar-refractivity contribution in [3.8, 4) is 69.2 Å². The smallest absolute Gasteiger partial charge is 0.221 e. The predicted molar refractivity (Wildman–Crippen MR) is 276 cm³/mol. The summed E-state index contributed by atoms with van der Waals surface area (Å²) < 4.78 is 18.4. The summed E-state index contributed by atoms with van der Waals surface area (Å²) in [6, 6.07) is 69.1. The standard InChI is InChI=1S/C64H44N2O3/c1-3-5-35-67-51-31-25-43-37-47(27-23-45(43)39-51)63(57-19-11-7-15-53(57)54-16-8-12-20-58(54)63)49-29-33-61(65-41-49)69-62-34-30-50(42-66-62)64(59-21-13-9-17-55(59)56-18-10-14-22-60(56)64)48-28-24-46-40-52(68-36-6-4-2)32-26-44(46)38-48/h7-34,37-42H,35-36H2,1-2H3. The Bertz CT molecular complexity index is 3420. The van der Waals surface area contributed by atoms with Crippen LogP contribution in [0, 0.1) is 23.7 Å². The molecule has 10 aromatic rings. The largest absolute Gasteiger partial charge is 0.481 e. The zero-order valence-electron chi connectivity index (χ0n) is 38.2. The minimum atomic E-state index is -0.635. The Morgan fingerprint density at radius 2 is 0.725 bits per heavy atom. The van der Waals surface area contributed by atoms with Crippen LogP contribution in [-0.4, -0.2) is 23.2 Å². The van der Waals surface area contributed by atoms with Gasteiger partial charge >= 0.3 is 0 Å². The Labute approximate surface area is 402 Å². The van der Waals surface area contributed by atoms with Gasteiger partial charge in [-0.3, -0.25) is 0 Å². The number of ether oxygens (including phenoxy) is 3. The van der Waals surface area contributed by atoms with Crippen molar-refractivity contribution >= 4 is 21.5 Å². The molecule has 2 aromatic heterocycles. The molecule has 0 fully saturated rings. The number of pyridine rings is 2. The molecule has 0 saturated carbocycles. The Hall–Kier alpha value is -8.90. The first-order valence-corrected chi connectivity index (χ1v) is 23.2. The number of hydrogen-bond donors (Lipinski definition) is 0. The normalized spacial score (nSPS) is 13.2. The highest BCUT2D eigenvalue weighted by Gasteiger charge is 2.48. The van der Waals surface area contributed by atoms with E-state index in [1.165, 1.54) is 44.5 Å². The topological polar surface area (TPSA) is 53.5 Å². The van der Waals surface area contributed by atoms with Crippen molar-refractivity contribution in [1.82, 2.24) is 9.97 Å². The number of aromatic nitrogens is 2. The van der Waals surface area contributed by atoms with Gasteiger partial charge in [0.2, 0.25) is 11.8 Å². The molecule has 0 saturated heterocycles. The first kappa shape index (κ1) is 41.5. The fraction of sp³-hybridized carbons (Fsp3) is 0.0938. The van der Waals surface area contributed by atoms with Crippen LogP contribution >= 0.6 is 0 Å². The number of rotatable bonds is 10. The van der Waals surface area contributed by atoms with Gasteiger partial charge < -0.3 is 14.2 Å². The summed E-state index contributed by atoms with van der Waals surface area (Å²) in [7, 11) is 0. The Kier molecular flexibility index (Phi) is 10.3. The molecule has 8 aromatic carbocycles. The maximum Gasteiger partial charge on any atom is 0.221 e. The second-order valence-electron chi connectivity index (χ2n) is 17.4. The third kappa shape index (κ3) is 6.74. The number of benzene rings is 8. The number of nitrogens with zero attached hydrogens (tertiary/aromatic N) is 2. The van der Waals surface area contributed by atoms with Crippen LogP contribution in [0.1, 0.15) is 58.4 Å². The molecule has 0 bridgehead atoms. The van der Waals surface area contributed by atoms with Gasteiger partial charge in [0.05, 0.1) is 10.8 Å². The van der Waals surface area contributed by atoms with Crippen LogP contribution in [0.5, 0.6) is 23.3 Å². The summed E-state index contributed by atoms with van der Waals surface area (Å²) in [4.78, 5) is 10.0. The molecule has 2 aliphatic carbocycles. The minimum absolute atomic E-state index is 0.357. The van der Waals surface area contributed by atoms with E-state index < -0.39 is 10.8 Å². The molecule has 328 valence electrons. The minimum Gasteiger partial charge on any atom is -0.481 e. The molecule has 0 N–H and O–H groups in total. The van der Waals surface area contributed by atoms with Gasteiger partial charge in [-0.2, -0.15) is 0 Å². The van der Waals surface area contributed by atoms with E-state index in [0.29, 0.717) is 25.0 Å². The molecule has 5 nitrogen and oxygen atoms in total. The SMILES string of the molecule is CC#CCOc1ccc2cc(C3(c4ccc(Oc5ccc(C6(c7ccc8cc(OCC#CC)ccc8c7)c7ccccc7-c7ccccc76)cn5)nc4)c4ccccc4-c4ccccc43)ccc2c1. The van der Waals surface area contributed by atoms with E-state index in [9.17, 15) is 0 Å². The van der Waals surface area contributed by atoms with E-state index in [-0.39, 0.29) is 0 Å². The predicted octanol–water partition coefficient (Wildman–Crippen LogP) is 14.1. The lowest BCUT2D eigenvalue weighted by Crippen LogP contribution is -2.28. The zero-order valence-corrected chi connectivity index (χ0v) is 38.2. The van der Waals surface area contributed by atoms with E-state index in [1.54, 1.807) is 0 Å². The molecule has 2 heterocycles. The van der Waals surface area contributed by atoms with Gasteiger partial charge in [0.1, 0.15) is 24.7 Å². The van der Waals surface area contributed by atoms with Gasteiger partial charge in [-0.05, 0) is 139 Å². The van der Waals surface area contributed by atoms with Crippen molar-refractivity contribution in [2.75, 3.05) is 13.2 Å². The number of hydrogen-bond acceptors (Lipinski definition) is 5. The van der Waals surface area contributed by atoms with Crippen LogP contribution in [0.25, 0.3) is 43.8 Å². The second kappa shape index (κ2) is 17.1. The number of fused-ring (bicyclic) bond motifs is 8. The van der Waals surface area contributed by atoms with Gasteiger partial charge in [0.25, 0.3) is 0 Å². The van der Waals surface area contributed by atoms with E-state index in [0.717, 1.165) is 55.3 Å². The lowest BCUT2D eigenvalue weighted by molar-refractivity contribution is 0.370. The van der Waals surface area contributed by atoms with Gasteiger partial charge in [-0.15, -0.1) is 11.8 Å². The van der Waals surface area contributed by atoms with E-state index in [2.05, 4.69) is 194 Å². The molecule has 0 atom stereocenters. The average Bonchev–Trinajstić information content (AvgIpc) is 3.88. The first-order chi connectivity index (χ1) is 34.1. The highest BCUT2D eigenvalue weighted by atomic mass is 16.5. The van der Waals surface area contributed by atoms with Crippen LogP contribution in [0.15, 0.2) is 207 Å². The fourth-order valence-electron chi connectivity index (χ4n) is 11.0. The molecule has 2 aliphatic rings. The molecule has 0 aliphatic heterocycles. The van der Waals surface area contributed by atoms with E-state index >= 15 is 0 Å². The second-order valence-corrected chi connectivity index (χ2v) is 17.4. The molecule has 0 spiro atoms. The van der Waals surface area contributed by atoms with E-state index in [1.807, 2.05) is 50.5 Å². The Balaban J connectivity index is 0.914. The molecule has 0 amide bonds. The van der Waals surface area contributed by atoms with Gasteiger partial charge in [-0.25, -0.2) is 9.97 Å². The lowest BCUT2D eigenvalue weighted by atomic mass is 9.68. The van der Waals surface area contributed by atoms with Crippen LogP contribution in [0.3, 0.4) is 0 Å². The summed E-state index contributed by atoms with van der Waals surface area (Å²) >= 11 is 0. The molecular weight excluding hydrogens is 845 g/mol. The summed E-state index contributed by atoms with van der Waals surface area (Å²) in [5, 5.41) is 4.43. The molecule has 0 radical (unpaired) electrons. The zero-order chi connectivity index (χ0) is 46.4. The summed E-state index contributed by atoms with van der Waals surface area (Å²) in [5.41, 5.74) is 12.8. The molecular formula is C64H44N2O3. The highest BCUT2D eigenvalue weighted by molar-refractivity contribution is 5.92. The third-order valence-electron chi connectivity index (χ3n) is 13.9.